The van der Waals surface area contributed by atoms with E-state index in [0.29, 0.717) is 17.6 Å². The molecular weight excluding hydrogens is 348 g/mol. The summed E-state index contributed by atoms with van der Waals surface area (Å²) in [5.41, 5.74) is 4.45. The predicted molar refractivity (Wildman–Crippen MR) is 108 cm³/mol. The molecule has 4 rings (SSSR count). The van der Waals surface area contributed by atoms with Gasteiger partial charge in [0.05, 0.1) is 5.69 Å². The molecule has 0 aliphatic rings. The van der Waals surface area contributed by atoms with E-state index in [1.165, 1.54) is 5.56 Å². The molecule has 0 N–H and O–H groups in total. The number of carbonyl (C=O) groups excluding carboxylic acids is 1. The number of aromatic nitrogens is 3. The number of aryl methyl sites for hydroxylation is 1. The van der Waals surface area contributed by atoms with E-state index in [1.54, 1.807) is 23.0 Å². The molecule has 0 fully saturated rings. The Morgan fingerprint density at radius 3 is 2.43 bits per heavy atom. The van der Waals surface area contributed by atoms with Crippen molar-refractivity contribution in [2.24, 2.45) is 4.99 Å². The number of amides is 1. The Kier molecular flexibility index (Phi) is 4.97. The maximum Gasteiger partial charge on any atom is 0.278 e. The van der Waals surface area contributed by atoms with Gasteiger partial charge in [-0.15, -0.1) is 0 Å². The second-order valence-electron chi connectivity index (χ2n) is 6.59. The lowest BCUT2D eigenvalue weighted by atomic mass is 10.1. The Bertz CT molecular complexity index is 1140. The minimum Gasteiger partial charge on any atom is -0.328 e. The Hall–Kier alpha value is -3.73. The minimum absolute atomic E-state index is 0.268. The molecule has 0 aliphatic heterocycles. The van der Waals surface area contributed by atoms with Gasteiger partial charge in [0.2, 0.25) is 0 Å². The maximum atomic E-state index is 12.7. The van der Waals surface area contributed by atoms with Crippen molar-refractivity contribution in [3.05, 3.63) is 114 Å². The topological polar surface area (TPSA) is 52.2 Å². The van der Waals surface area contributed by atoms with Crippen molar-refractivity contribution in [1.29, 1.82) is 0 Å². The highest BCUT2D eigenvalue weighted by Crippen LogP contribution is 2.09. The van der Waals surface area contributed by atoms with Gasteiger partial charge in [-0.05, 0) is 55.0 Å². The number of nitrogens with zero attached hydrogens (tertiary/aromatic N) is 4. The van der Waals surface area contributed by atoms with Gasteiger partial charge in [0.1, 0.15) is 5.49 Å². The van der Waals surface area contributed by atoms with E-state index in [1.807, 2.05) is 53.4 Å². The van der Waals surface area contributed by atoms with Crippen molar-refractivity contribution in [3.63, 3.8) is 0 Å². The monoisotopic (exact) mass is 368 g/mol. The molecule has 2 heterocycles. The second-order valence-corrected chi connectivity index (χ2v) is 6.59. The third-order valence-electron chi connectivity index (χ3n) is 4.49. The lowest BCUT2D eigenvalue weighted by Crippen LogP contribution is -2.22. The summed E-state index contributed by atoms with van der Waals surface area (Å²) in [6.07, 6.45) is 5.52. The molecule has 0 bridgehead atoms. The molecule has 0 aliphatic carbocycles. The number of carbonyl (C=O) groups is 1. The highest BCUT2D eigenvalue weighted by Gasteiger charge is 2.06. The molecule has 4 aromatic rings. The second kappa shape index (κ2) is 7.88. The summed E-state index contributed by atoms with van der Waals surface area (Å²) in [5, 5.41) is 4.19. The van der Waals surface area contributed by atoms with Crippen LogP contribution in [0.25, 0.3) is 5.69 Å². The Morgan fingerprint density at radius 1 is 0.929 bits per heavy atom. The lowest BCUT2D eigenvalue weighted by Gasteiger charge is -2.08. The SMILES string of the molecule is Cc1ccc(Cn2ccccc2=NC(=O)c2ccc(-n3cccn3)cc2)cc1. The fourth-order valence-corrected chi connectivity index (χ4v) is 2.94. The first-order valence-corrected chi connectivity index (χ1v) is 9.09. The summed E-state index contributed by atoms with van der Waals surface area (Å²) in [6, 6.07) is 23.2. The van der Waals surface area contributed by atoms with Gasteiger partial charge < -0.3 is 4.57 Å². The molecule has 0 radical (unpaired) electrons. The van der Waals surface area contributed by atoms with Crippen LogP contribution in [-0.4, -0.2) is 20.3 Å². The standard InChI is InChI=1S/C23H20N4O/c1-18-6-8-19(9-7-18)17-26-15-3-2-5-22(26)25-23(28)20-10-12-21(13-11-20)27-16-4-14-24-27/h2-16H,17H2,1H3. The van der Waals surface area contributed by atoms with Crippen LogP contribution in [-0.2, 0) is 6.54 Å². The molecule has 1 amide bonds. The highest BCUT2D eigenvalue weighted by atomic mass is 16.1. The summed E-state index contributed by atoms with van der Waals surface area (Å²) < 4.78 is 3.72. The van der Waals surface area contributed by atoms with Gasteiger partial charge in [0, 0.05) is 30.7 Å². The lowest BCUT2D eigenvalue weighted by molar-refractivity contribution is 0.0997. The van der Waals surface area contributed by atoms with E-state index in [-0.39, 0.29) is 5.91 Å². The molecule has 0 saturated carbocycles. The number of hydrogen-bond donors (Lipinski definition) is 0. The van der Waals surface area contributed by atoms with Gasteiger partial charge >= 0.3 is 0 Å². The largest absolute Gasteiger partial charge is 0.328 e. The zero-order valence-electron chi connectivity index (χ0n) is 15.6. The van der Waals surface area contributed by atoms with Crippen molar-refractivity contribution >= 4 is 5.91 Å². The average Bonchev–Trinajstić information content (AvgIpc) is 3.26. The van der Waals surface area contributed by atoms with E-state index < -0.39 is 0 Å². The molecule has 0 spiro atoms. The van der Waals surface area contributed by atoms with Gasteiger partial charge in [0.15, 0.2) is 0 Å². The first kappa shape index (κ1) is 17.7. The third-order valence-corrected chi connectivity index (χ3v) is 4.49. The van der Waals surface area contributed by atoms with Crippen LogP contribution in [0.2, 0.25) is 0 Å². The third kappa shape index (κ3) is 3.99. The fraction of sp³-hybridized carbons (Fsp3) is 0.0870. The van der Waals surface area contributed by atoms with Crippen LogP contribution in [0.5, 0.6) is 0 Å². The van der Waals surface area contributed by atoms with E-state index in [4.69, 9.17) is 0 Å². The predicted octanol–water partition coefficient (Wildman–Crippen LogP) is 3.77. The number of benzene rings is 2. The molecule has 2 aromatic carbocycles. The molecule has 5 heteroatoms. The van der Waals surface area contributed by atoms with E-state index >= 15 is 0 Å². The van der Waals surface area contributed by atoms with Crippen LogP contribution < -0.4 is 5.49 Å². The summed E-state index contributed by atoms with van der Waals surface area (Å²) in [4.78, 5) is 17.0. The Labute approximate surface area is 163 Å². The van der Waals surface area contributed by atoms with E-state index in [9.17, 15) is 4.79 Å². The van der Waals surface area contributed by atoms with Crippen molar-refractivity contribution in [1.82, 2.24) is 14.3 Å². The van der Waals surface area contributed by atoms with Gasteiger partial charge in [0.25, 0.3) is 5.91 Å². The smallest absolute Gasteiger partial charge is 0.278 e. The summed E-state index contributed by atoms with van der Waals surface area (Å²) in [5.74, 6) is -0.268. The van der Waals surface area contributed by atoms with Crippen molar-refractivity contribution in [3.8, 4) is 5.69 Å². The first-order valence-electron chi connectivity index (χ1n) is 9.09. The van der Waals surface area contributed by atoms with Crippen molar-refractivity contribution in [2.75, 3.05) is 0 Å². The van der Waals surface area contributed by atoms with Crippen molar-refractivity contribution in [2.45, 2.75) is 13.5 Å². The summed E-state index contributed by atoms with van der Waals surface area (Å²) >= 11 is 0. The normalized spacial score (nSPS) is 11.5. The van der Waals surface area contributed by atoms with Crippen LogP contribution in [0.1, 0.15) is 21.5 Å². The van der Waals surface area contributed by atoms with Gasteiger partial charge in [-0.3, -0.25) is 4.79 Å². The zero-order valence-corrected chi connectivity index (χ0v) is 15.6. The van der Waals surface area contributed by atoms with Crippen LogP contribution in [0.4, 0.5) is 0 Å². The van der Waals surface area contributed by atoms with Crippen LogP contribution in [0, 0.1) is 6.92 Å². The molecular formula is C23H20N4O. The van der Waals surface area contributed by atoms with Crippen LogP contribution in [0.15, 0.2) is 96.4 Å². The summed E-state index contributed by atoms with van der Waals surface area (Å²) in [7, 11) is 0. The fourth-order valence-electron chi connectivity index (χ4n) is 2.94. The van der Waals surface area contributed by atoms with Gasteiger partial charge in [-0.1, -0.05) is 35.9 Å². The molecule has 0 unspecified atom stereocenters. The number of hydrogen-bond acceptors (Lipinski definition) is 2. The Morgan fingerprint density at radius 2 is 1.71 bits per heavy atom. The van der Waals surface area contributed by atoms with E-state index in [2.05, 4.69) is 41.3 Å². The van der Waals surface area contributed by atoms with Crippen LogP contribution >= 0.6 is 0 Å². The van der Waals surface area contributed by atoms with Gasteiger partial charge in [-0.2, -0.15) is 10.1 Å². The van der Waals surface area contributed by atoms with Crippen LogP contribution in [0.3, 0.4) is 0 Å². The summed E-state index contributed by atoms with van der Waals surface area (Å²) in [6.45, 7) is 2.72. The quantitative estimate of drug-likeness (QED) is 0.551. The molecule has 5 nitrogen and oxygen atoms in total. The van der Waals surface area contributed by atoms with E-state index in [0.717, 1.165) is 11.3 Å². The molecule has 2 aromatic heterocycles. The average molecular weight is 368 g/mol. The number of pyridine rings is 1. The molecule has 0 saturated heterocycles. The molecule has 138 valence electrons. The van der Waals surface area contributed by atoms with Crippen molar-refractivity contribution < 1.29 is 4.79 Å². The number of rotatable bonds is 4. The Balaban J connectivity index is 1.60. The molecule has 28 heavy (non-hydrogen) atoms. The minimum atomic E-state index is -0.268. The zero-order chi connectivity index (χ0) is 19.3. The first-order chi connectivity index (χ1) is 13.7. The highest BCUT2D eigenvalue weighted by molar-refractivity contribution is 5.95. The maximum absolute atomic E-state index is 12.7. The molecule has 0 atom stereocenters. The van der Waals surface area contributed by atoms with Gasteiger partial charge in [-0.25, -0.2) is 4.68 Å².